The topological polar surface area (TPSA) is 115 Å². The first-order valence-electron chi connectivity index (χ1n) is 13.5. The number of amides is 1. The van der Waals surface area contributed by atoms with Gasteiger partial charge in [0.1, 0.15) is 17.2 Å². The van der Waals surface area contributed by atoms with E-state index in [0.717, 1.165) is 32.7 Å². The molecule has 40 heavy (non-hydrogen) atoms. The molecule has 1 atom stereocenters. The van der Waals surface area contributed by atoms with Gasteiger partial charge in [0.25, 0.3) is 5.88 Å². The highest BCUT2D eigenvalue weighted by atomic mass is 19.1. The number of aryl methyl sites for hydroxylation is 1. The lowest BCUT2D eigenvalue weighted by atomic mass is 10.1. The molecule has 3 N–H and O–H groups in total. The van der Waals surface area contributed by atoms with Gasteiger partial charge < -0.3 is 25.3 Å². The van der Waals surface area contributed by atoms with Crippen LogP contribution < -0.4 is 15.4 Å². The lowest BCUT2D eigenvalue weighted by Gasteiger charge is -2.36. The van der Waals surface area contributed by atoms with Crippen molar-refractivity contribution in [3.05, 3.63) is 48.6 Å². The van der Waals surface area contributed by atoms with Crippen LogP contribution in [0.3, 0.4) is 0 Å². The van der Waals surface area contributed by atoms with Crippen molar-refractivity contribution in [1.82, 2.24) is 24.6 Å². The van der Waals surface area contributed by atoms with E-state index in [2.05, 4.69) is 54.0 Å². The van der Waals surface area contributed by atoms with Gasteiger partial charge in [0.2, 0.25) is 11.9 Å². The minimum Gasteiger partial charge on any atom is -0.475 e. The number of rotatable bonds is 9. The minimum atomic E-state index is -0.727. The van der Waals surface area contributed by atoms with Crippen LogP contribution in [0, 0.1) is 0 Å². The molecule has 3 heterocycles. The second kappa shape index (κ2) is 12.9. The molecule has 0 aliphatic carbocycles. The Morgan fingerprint density at radius 2 is 1.98 bits per heavy atom. The van der Waals surface area contributed by atoms with Crippen molar-refractivity contribution in [3.63, 3.8) is 0 Å². The summed E-state index contributed by atoms with van der Waals surface area (Å²) in [4.78, 5) is 29.6. The van der Waals surface area contributed by atoms with Crippen LogP contribution in [0.25, 0.3) is 10.9 Å². The smallest absolute Gasteiger partial charge is 0.256 e. The Kier molecular flexibility index (Phi) is 9.33. The number of piperazine rings is 1. The van der Waals surface area contributed by atoms with Gasteiger partial charge in [-0.2, -0.15) is 0 Å². The van der Waals surface area contributed by atoms with Crippen molar-refractivity contribution in [2.75, 3.05) is 57.0 Å². The van der Waals surface area contributed by atoms with Gasteiger partial charge in [-0.3, -0.25) is 19.4 Å². The third-order valence-corrected chi connectivity index (χ3v) is 7.02. The quantitative estimate of drug-likeness (QED) is 0.276. The zero-order valence-corrected chi connectivity index (χ0v) is 23.8. The Morgan fingerprint density at radius 1 is 1.23 bits per heavy atom. The predicted molar refractivity (Wildman–Crippen MR) is 158 cm³/mol. The number of H-pyrrole nitrogens is 1. The summed E-state index contributed by atoms with van der Waals surface area (Å²) in [7, 11) is 3.32. The van der Waals surface area contributed by atoms with E-state index in [9.17, 15) is 9.18 Å². The van der Waals surface area contributed by atoms with Gasteiger partial charge in [0.05, 0.1) is 30.0 Å². The summed E-state index contributed by atoms with van der Waals surface area (Å²) in [5.74, 6) is -0.285. The summed E-state index contributed by atoms with van der Waals surface area (Å²) in [6, 6.07) is 5.19. The molecule has 1 amide bonds. The molecular formula is C28H38FN9O2. The number of carbonyl (C=O) groups excluding carboxylic acids is 1. The number of para-hydroxylation sites is 1. The largest absolute Gasteiger partial charge is 0.475 e. The average molecular weight is 552 g/mol. The molecule has 1 saturated heterocycles. The number of allylic oxidation sites excluding steroid dienone is 1. The number of nitrogens with zero attached hydrogens (tertiary/aromatic N) is 6. The summed E-state index contributed by atoms with van der Waals surface area (Å²) >= 11 is 0. The summed E-state index contributed by atoms with van der Waals surface area (Å²) in [5.41, 5.74) is 2.31. The lowest BCUT2D eigenvalue weighted by molar-refractivity contribution is -0.121. The van der Waals surface area contributed by atoms with Crippen LogP contribution in [0.2, 0.25) is 0 Å². The number of nitrogens with one attached hydrogen (secondary N) is 3. The van der Waals surface area contributed by atoms with Gasteiger partial charge in [-0.25, -0.2) is 9.38 Å². The fraction of sp³-hybridized carbons (Fsp3) is 0.429. The SMILES string of the molecule is C=C(F)/C(=N\C(=N/C)Nc1cn(C)nc1OCC)c1c[nH]c2c(NC(=O)[C@@H](C)N3CCN(CC)CC3)cccc12. The summed E-state index contributed by atoms with van der Waals surface area (Å²) in [6.07, 6.45) is 3.38. The molecule has 12 heteroatoms. The summed E-state index contributed by atoms with van der Waals surface area (Å²) in [5, 5.41) is 11.1. The second-order valence-electron chi connectivity index (χ2n) is 9.56. The van der Waals surface area contributed by atoms with Crippen LogP contribution in [-0.2, 0) is 11.8 Å². The van der Waals surface area contributed by atoms with Crippen LogP contribution in [0.5, 0.6) is 5.88 Å². The Balaban J connectivity index is 1.58. The molecule has 0 radical (unpaired) electrons. The third-order valence-electron chi connectivity index (χ3n) is 7.02. The molecular weight excluding hydrogens is 513 g/mol. The van der Waals surface area contributed by atoms with Crippen molar-refractivity contribution in [3.8, 4) is 5.88 Å². The molecule has 11 nitrogen and oxygen atoms in total. The number of anilines is 2. The lowest BCUT2D eigenvalue weighted by Crippen LogP contribution is -2.52. The van der Waals surface area contributed by atoms with Crippen LogP contribution in [0.4, 0.5) is 15.8 Å². The molecule has 214 valence electrons. The highest BCUT2D eigenvalue weighted by Gasteiger charge is 2.26. The van der Waals surface area contributed by atoms with Crippen molar-refractivity contribution < 1.29 is 13.9 Å². The normalized spacial score (nSPS) is 16.2. The van der Waals surface area contributed by atoms with Gasteiger partial charge in [-0.15, -0.1) is 5.10 Å². The molecule has 1 fully saturated rings. The van der Waals surface area contributed by atoms with Crippen molar-refractivity contribution >= 4 is 39.9 Å². The number of guanidine groups is 1. The van der Waals surface area contributed by atoms with Crippen LogP contribution >= 0.6 is 0 Å². The number of carbonyl (C=O) groups is 1. The van der Waals surface area contributed by atoms with E-state index < -0.39 is 5.83 Å². The number of aliphatic imine (C=N–C) groups is 2. The molecule has 0 unspecified atom stereocenters. The van der Waals surface area contributed by atoms with E-state index in [0.29, 0.717) is 40.3 Å². The fourth-order valence-corrected chi connectivity index (χ4v) is 4.75. The number of ether oxygens (including phenoxy) is 1. The van der Waals surface area contributed by atoms with Gasteiger partial charge >= 0.3 is 0 Å². The maximum Gasteiger partial charge on any atom is 0.256 e. The molecule has 1 aliphatic rings. The maximum atomic E-state index is 14.8. The zero-order valence-electron chi connectivity index (χ0n) is 23.8. The third kappa shape index (κ3) is 6.40. The number of halogens is 1. The number of benzene rings is 1. The van der Waals surface area contributed by atoms with Gasteiger partial charge in [0.15, 0.2) is 0 Å². The van der Waals surface area contributed by atoms with Gasteiger partial charge in [0, 0.05) is 57.4 Å². The molecule has 0 saturated carbocycles. The molecule has 0 bridgehead atoms. The van der Waals surface area contributed by atoms with Gasteiger partial charge in [-0.05, 0) is 26.5 Å². The minimum absolute atomic E-state index is 0.00633. The maximum absolute atomic E-state index is 14.8. The Hall–Kier alpha value is -4.03. The van der Waals surface area contributed by atoms with E-state index in [1.807, 2.05) is 32.0 Å². The standard InChI is InChI=1S/C28H38FN9O2/c1-7-37-12-14-38(15-13-37)19(4)26(39)32-22-11-9-10-20-21(16-31-25(20)22)24(18(3)29)34-28(30-5)33-23-17-36(6)35-27(23)40-8-2/h9-11,16-17,19,31H,3,7-8,12-15H2,1-2,4-6H3,(H,30,33)(H,32,39)/b34-24+/t19-/m1/s1. The highest BCUT2D eigenvalue weighted by Crippen LogP contribution is 2.28. The number of aromatic nitrogens is 3. The Bertz CT molecular complexity index is 1420. The number of hydrogen-bond donors (Lipinski definition) is 3. The van der Waals surface area contributed by atoms with E-state index in [4.69, 9.17) is 4.74 Å². The number of hydrogen-bond acceptors (Lipinski definition) is 6. The average Bonchev–Trinajstić information content (AvgIpc) is 3.53. The van der Waals surface area contributed by atoms with Gasteiger partial charge in [-0.1, -0.05) is 25.6 Å². The summed E-state index contributed by atoms with van der Waals surface area (Å²) < 4.78 is 22.0. The molecule has 2 aromatic heterocycles. The Labute approximate surface area is 233 Å². The second-order valence-corrected chi connectivity index (χ2v) is 9.56. The predicted octanol–water partition coefficient (Wildman–Crippen LogP) is 3.63. The molecule has 3 aromatic rings. The van der Waals surface area contributed by atoms with Crippen molar-refractivity contribution in [2.24, 2.45) is 17.0 Å². The summed E-state index contributed by atoms with van der Waals surface area (Å²) in [6.45, 7) is 14.5. The fourth-order valence-electron chi connectivity index (χ4n) is 4.75. The molecule has 1 aromatic carbocycles. The van der Waals surface area contributed by atoms with Crippen molar-refractivity contribution in [1.29, 1.82) is 0 Å². The number of likely N-dealkylation sites (N-methyl/N-ethyl adjacent to an activating group) is 1. The molecule has 0 spiro atoms. The van der Waals surface area contributed by atoms with Crippen LogP contribution in [0.1, 0.15) is 26.3 Å². The first kappa shape index (κ1) is 29.0. The number of fused-ring (bicyclic) bond motifs is 1. The number of aromatic amines is 1. The molecule has 4 rings (SSSR count). The Morgan fingerprint density at radius 3 is 2.62 bits per heavy atom. The van der Waals surface area contributed by atoms with E-state index >= 15 is 0 Å². The van der Waals surface area contributed by atoms with Crippen LogP contribution in [0.15, 0.2) is 53.0 Å². The first-order chi connectivity index (χ1) is 19.2. The van der Waals surface area contributed by atoms with E-state index in [-0.39, 0.29) is 23.6 Å². The monoisotopic (exact) mass is 551 g/mol. The van der Waals surface area contributed by atoms with E-state index in [1.54, 1.807) is 31.2 Å². The van der Waals surface area contributed by atoms with Crippen molar-refractivity contribution in [2.45, 2.75) is 26.8 Å². The van der Waals surface area contributed by atoms with Crippen LogP contribution in [-0.4, -0.2) is 94.6 Å². The zero-order chi connectivity index (χ0) is 28.8. The highest BCUT2D eigenvalue weighted by molar-refractivity contribution is 6.23. The first-order valence-corrected chi connectivity index (χ1v) is 13.5. The molecule has 1 aliphatic heterocycles. The van der Waals surface area contributed by atoms with E-state index in [1.165, 1.54) is 0 Å².